The number of hydrogen-bond acceptors (Lipinski definition) is 4. The molecule has 3 aromatic rings. The predicted octanol–water partition coefficient (Wildman–Crippen LogP) is 5.19. The number of ether oxygens (including phenoxy) is 1. The summed E-state index contributed by atoms with van der Waals surface area (Å²) in [5, 5.41) is 7.38. The van der Waals surface area contributed by atoms with Crippen molar-refractivity contribution in [2.75, 3.05) is 6.54 Å². The minimum atomic E-state index is -2.29. The molecule has 172 valence electrons. The fourth-order valence-electron chi connectivity index (χ4n) is 2.63. The van der Waals surface area contributed by atoms with Crippen molar-refractivity contribution in [1.29, 1.82) is 0 Å². The van der Waals surface area contributed by atoms with Crippen molar-refractivity contribution in [3.8, 4) is 5.75 Å². The maximum absolute atomic E-state index is 13.6. The SMILES string of the molecule is Cc1nn(CCCNC(=O)c2ccc(COc3c(F)c(F)c(F)c(F)c3F)o2)c(Cl)c1Cl. The van der Waals surface area contributed by atoms with Gasteiger partial charge in [-0.25, -0.2) is 13.2 Å². The number of nitrogens with one attached hydrogen (secondary N) is 1. The molecule has 0 aliphatic rings. The van der Waals surface area contributed by atoms with E-state index < -0.39 is 47.3 Å². The number of rotatable bonds is 8. The van der Waals surface area contributed by atoms with Crippen LogP contribution >= 0.6 is 23.2 Å². The van der Waals surface area contributed by atoms with Gasteiger partial charge < -0.3 is 14.5 Å². The van der Waals surface area contributed by atoms with Crippen LogP contribution in [0.15, 0.2) is 16.5 Å². The van der Waals surface area contributed by atoms with Gasteiger partial charge in [0, 0.05) is 13.1 Å². The quantitative estimate of drug-likeness (QED) is 0.201. The van der Waals surface area contributed by atoms with Crippen molar-refractivity contribution in [1.82, 2.24) is 15.1 Å². The van der Waals surface area contributed by atoms with Gasteiger partial charge >= 0.3 is 0 Å². The van der Waals surface area contributed by atoms with Crippen molar-refractivity contribution >= 4 is 29.1 Å². The molecule has 0 aliphatic carbocycles. The molecule has 1 amide bonds. The first-order valence-corrected chi connectivity index (χ1v) is 9.77. The lowest BCUT2D eigenvalue weighted by Crippen LogP contribution is -2.25. The van der Waals surface area contributed by atoms with E-state index in [1.807, 2.05) is 0 Å². The number of furan rings is 1. The van der Waals surface area contributed by atoms with Gasteiger partial charge in [0.2, 0.25) is 29.1 Å². The van der Waals surface area contributed by atoms with Crippen molar-refractivity contribution in [3.63, 3.8) is 0 Å². The maximum Gasteiger partial charge on any atom is 0.286 e. The number of aryl methyl sites for hydroxylation is 2. The zero-order valence-electron chi connectivity index (χ0n) is 16.2. The van der Waals surface area contributed by atoms with Crippen molar-refractivity contribution in [3.05, 3.63) is 68.6 Å². The summed E-state index contributed by atoms with van der Waals surface area (Å²) >= 11 is 12.0. The third-order valence-electron chi connectivity index (χ3n) is 4.24. The Morgan fingerprint density at radius 2 is 1.72 bits per heavy atom. The summed E-state index contributed by atoms with van der Waals surface area (Å²) in [6.45, 7) is 1.66. The van der Waals surface area contributed by atoms with Crippen molar-refractivity contribution in [2.24, 2.45) is 0 Å². The molecule has 0 spiro atoms. The third kappa shape index (κ3) is 4.83. The van der Waals surface area contributed by atoms with E-state index in [-0.39, 0.29) is 18.1 Å². The van der Waals surface area contributed by atoms with E-state index in [0.717, 1.165) is 0 Å². The van der Waals surface area contributed by atoms with Gasteiger partial charge in [-0.05, 0) is 25.5 Å². The second kappa shape index (κ2) is 9.78. The lowest BCUT2D eigenvalue weighted by Gasteiger charge is -2.09. The van der Waals surface area contributed by atoms with E-state index in [4.69, 9.17) is 27.6 Å². The number of benzene rings is 1. The molecule has 0 unspecified atom stereocenters. The van der Waals surface area contributed by atoms with Crippen LogP contribution in [0.2, 0.25) is 10.2 Å². The normalized spacial score (nSPS) is 11.1. The topological polar surface area (TPSA) is 69.3 Å². The highest BCUT2D eigenvalue weighted by molar-refractivity contribution is 6.41. The van der Waals surface area contributed by atoms with Crippen LogP contribution in [-0.2, 0) is 13.2 Å². The Morgan fingerprint density at radius 1 is 1.09 bits per heavy atom. The van der Waals surface area contributed by atoms with Crippen LogP contribution in [0.25, 0.3) is 0 Å². The molecule has 0 aliphatic heterocycles. The second-order valence-electron chi connectivity index (χ2n) is 6.48. The van der Waals surface area contributed by atoms with Crippen LogP contribution in [0.5, 0.6) is 5.75 Å². The predicted molar refractivity (Wildman–Crippen MR) is 103 cm³/mol. The van der Waals surface area contributed by atoms with Crippen LogP contribution in [0.3, 0.4) is 0 Å². The van der Waals surface area contributed by atoms with Crippen LogP contribution < -0.4 is 10.1 Å². The molecule has 0 atom stereocenters. The van der Waals surface area contributed by atoms with Gasteiger partial charge in [-0.1, -0.05) is 23.2 Å². The molecular formula is C19H14Cl2F5N3O3. The van der Waals surface area contributed by atoms with Crippen molar-refractivity contribution < 1.29 is 35.9 Å². The Hall–Kier alpha value is -2.79. The van der Waals surface area contributed by atoms with Crippen LogP contribution in [0, 0.1) is 36.0 Å². The van der Waals surface area contributed by atoms with Gasteiger partial charge in [0.25, 0.3) is 5.91 Å². The van der Waals surface area contributed by atoms with Gasteiger partial charge in [-0.2, -0.15) is 13.9 Å². The Kier molecular flexibility index (Phi) is 7.29. The summed E-state index contributed by atoms with van der Waals surface area (Å²) < 4.78 is 78.1. The van der Waals surface area contributed by atoms with E-state index in [9.17, 15) is 26.7 Å². The lowest BCUT2D eigenvalue weighted by molar-refractivity contribution is 0.0920. The molecule has 32 heavy (non-hydrogen) atoms. The number of aromatic nitrogens is 2. The molecule has 13 heteroatoms. The van der Waals surface area contributed by atoms with E-state index in [1.54, 1.807) is 6.92 Å². The highest BCUT2D eigenvalue weighted by atomic mass is 35.5. The van der Waals surface area contributed by atoms with Crippen LogP contribution in [0.4, 0.5) is 22.0 Å². The molecule has 0 bridgehead atoms. The molecule has 3 rings (SSSR count). The fourth-order valence-corrected chi connectivity index (χ4v) is 3.02. The number of amides is 1. The monoisotopic (exact) mass is 497 g/mol. The van der Waals surface area contributed by atoms with E-state index in [0.29, 0.717) is 28.8 Å². The summed E-state index contributed by atoms with van der Waals surface area (Å²) in [6, 6.07) is 2.52. The number of carbonyl (C=O) groups excluding carboxylic acids is 1. The largest absolute Gasteiger partial charge is 0.479 e. The first-order chi connectivity index (χ1) is 15.1. The molecule has 0 radical (unpaired) electrons. The van der Waals surface area contributed by atoms with E-state index in [2.05, 4.69) is 15.2 Å². The van der Waals surface area contributed by atoms with Crippen LogP contribution in [-0.4, -0.2) is 22.2 Å². The average Bonchev–Trinajstić information content (AvgIpc) is 3.34. The van der Waals surface area contributed by atoms with Gasteiger partial charge in [-0.15, -0.1) is 0 Å². The van der Waals surface area contributed by atoms with E-state index >= 15 is 0 Å². The van der Waals surface area contributed by atoms with Gasteiger partial charge in [0.1, 0.15) is 22.5 Å². The smallest absolute Gasteiger partial charge is 0.286 e. The molecule has 1 N–H and O–H groups in total. The van der Waals surface area contributed by atoms with Gasteiger partial charge in [0.05, 0.1) is 5.69 Å². The fraction of sp³-hybridized carbons (Fsp3) is 0.263. The average molecular weight is 498 g/mol. The minimum Gasteiger partial charge on any atom is -0.479 e. The first-order valence-electron chi connectivity index (χ1n) is 9.01. The van der Waals surface area contributed by atoms with Crippen molar-refractivity contribution in [2.45, 2.75) is 26.5 Å². The number of carbonyl (C=O) groups is 1. The molecule has 2 heterocycles. The summed E-state index contributed by atoms with van der Waals surface area (Å²) in [5.41, 5.74) is 0.580. The third-order valence-corrected chi connectivity index (χ3v) is 5.18. The zero-order chi connectivity index (χ0) is 23.6. The van der Waals surface area contributed by atoms with Gasteiger partial charge in [0.15, 0.2) is 11.5 Å². The molecule has 2 aromatic heterocycles. The minimum absolute atomic E-state index is 0.0764. The first kappa shape index (κ1) is 23.9. The Bertz CT molecular complexity index is 1140. The summed E-state index contributed by atoms with van der Waals surface area (Å²) in [5.74, 6) is -13.0. The molecular weight excluding hydrogens is 484 g/mol. The summed E-state index contributed by atoms with van der Waals surface area (Å²) in [4.78, 5) is 12.1. The van der Waals surface area contributed by atoms with E-state index in [1.165, 1.54) is 16.8 Å². The Morgan fingerprint density at radius 3 is 2.31 bits per heavy atom. The summed E-state index contributed by atoms with van der Waals surface area (Å²) in [7, 11) is 0. The lowest BCUT2D eigenvalue weighted by atomic mass is 10.2. The Labute approximate surface area is 187 Å². The molecule has 0 saturated heterocycles. The molecule has 0 saturated carbocycles. The number of nitrogens with zero attached hydrogens (tertiary/aromatic N) is 2. The molecule has 0 fully saturated rings. The second-order valence-corrected chi connectivity index (χ2v) is 7.21. The highest BCUT2D eigenvalue weighted by Gasteiger charge is 2.27. The summed E-state index contributed by atoms with van der Waals surface area (Å²) in [6.07, 6.45) is 0.472. The number of hydrogen-bond donors (Lipinski definition) is 1. The van der Waals surface area contributed by atoms with Crippen LogP contribution in [0.1, 0.15) is 28.4 Å². The highest BCUT2D eigenvalue weighted by Crippen LogP contribution is 2.30. The Balaban J connectivity index is 1.53. The van der Waals surface area contributed by atoms with Gasteiger partial charge in [-0.3, -0.25) is 9.48 Å². The zero-order valence-corrected chi connectivity index (χ0v) is 17.8. The maximum atomic E-state index is 13.6. The standard InChI is InChI=1S/C19H14Cl2F5N3O3/c1-8-11(20)18(21)29(28-8)6-2-5-27-19(30)10-4-3-9(32-10)7-31-17-15(25)13(23)12(22)14(24)16(17)26/h3-4H,2,5-7H2,1H3,(H,27,30). The number of halogens is 7. The molecule has 1 aromatic carbocycles. The molecule has 6 nitrogen and oxygen atoms in total.